The molecule has 1 rings (SSSR count). The van der Waals surface area contributed by atoms with Crippen molar-refractivity contribution in [3.8, 4) is 0 Å². The second-order valence-electron chi connectivity index (χ2n) is 3.32. The maximum Gasteiger partial charge on any atom is 0.254 e. The van der Waals surface area contributed by atoms with Crippen LogP contribution < -0.4 is 5.32 Å². The molecule has 84 valence electrons. The largest absolute Gasteiger partial charge is 0.342 e. The summed E-state index contributed by atoms with van der Waals surface area (Å²) in [7, 11) is 3.75. The van der Waals surface area contributed by atoms with Gasteiger partial charge in [-0.05, 0) is 42.0 Å². The molecule has 0 atom stereocenters. The number of halogens is 1. The number of carbonyl (C=O) groups is 1. The minimum absolute atomic E-state index is 0.0908. The smallest absolute Gasteiger partial charge is 0.254 e. The predicted molar refractivity (Wildman–Crippen MR) is 67.5 cm³/mol. The second-order valence-corrected chi connectivity index (χ2v) is 5.61. The zero-order chi connectivity index (χ0) is 11.3. The van der Waals surface area contributed by atoms with Crippen molar-refractivity contribution in [1.29, 1.82) is 0 Å². The van der Waals surface area contributed by atoms with Crippen LogP contribution in [0.15, 0.2) is 15.2 Å². The molecule has 0 aliphatic carbocycles. The molecule has 0 saturated carbocycles. The molecule has 0 aliphatic rings. The first-order valence-corrected chi connectivity index (χ1v) is 6.46. The lowest BCUT2D eigenvalue weighted by atomic mass is 10.3. The van der Waals surface area contributed by atoms with Crippen LogP contribution in [0.2, 0.25) is 0 Å². The molecule has 1 heterocycles. The number of hydrogen-bond acceptors (Lipinski definition) is 3. The first-order valence-electron chi connectivity index (χ1n) is 4.79. The van der Waals surface area contributed by atoms with E-state index in [0.29, 0.717) is 0 Å². The summed E-state index contributed by atoms with van der Waals surface area (Å²) in [6.07, 6.45) is 0.976. The molecule has 1 amide bonds. The second kappa shape index (κ2) is 6.25. The quantitative estimate of drug-likeness (QED) is 0.843. The van der Waals surface area contributed by atoms with Crippen LogP contribution in [0, 0.1) is 0 Å². The number of hydrogen-bond donors (Lipinski definition) is 1. The maximum absolute atomic E-state index is 11.8. The van der Waals surface area contributed by atoms with E-state index in [1.54, 1.807) is 4.90 Å². The minimum atomic E-state index is 0.0908. The molecule has 0 fully saturated rings. The molecule has 0 radical (unpaired) electrons. The summed E-state index contributed by atoms with van der Waals surface area (Å²) in [4.78, 5) is 13.6. The Bertz CT molecular complexity index is 327. The van der Waals surface area contributed by atoms with E-state index in [0.717, 1.165) is 28.9 Å². The molecule has 1 N–H and O–H groups in total. The zero-order valence-corrected chi connectivity index (χ0v) is 11.3. The maximum atomic E-state index is 11.8. The topological polar surface area (TPSA) is 32.3 Å². The summed E-state index contributed by atoms with van der Waals surface area (Å²) < 4.78 is 0.995. The van der Waals surface area contributed by atoms with E-state index in [1.807, 2.05) is 25.5 Å². The van der Waals surface area contributed by atoms with Gasteiger partial charge in [0.15, 0.2) is 0 Å². The third kappa shape index (κ3) is 3.93. The van der Waals surface area contributed by atoms with Gasteiger partial charge in [-0.1, -0.05) is 0 Å². The first kappa shape index (κ1) is 12.7. The summed E-state index contributed by atoms with van der Waals surface area (Å²) in [5.41, 5.74) is 0.763. The Morgan fingerprint density at radius 1 is 1.67 bits per heavy atom. The monoisotopic (exact) mass is 290 g/mol. The normalized spacial score (nSPS) is 10.3. The van der Waals surface area contributed by atoms with E-state index in [1.165, 1.54) is 11.3 Å². The van der Waals surface area contributed by atoms with E-state index in [2.05, 4.69) is 21.2 Å². The molecule has 0 saturated heterocycles. The summed E-state index contributed by atoms with van der Waals surface area (Å²) >= 11 is 4.89. The van der Waals surface area contributed by atoms with Gasteiger partial charge in [0, 0.05) is 19.0 Å². The number of carbonyl (C=O) groups excluding carboxylic acids is 1. The molecule has 0 spiro atoms. The molecule has 15 heavy (non-hydrogen) atoms. The van der Waals surface area contributed by atoms with Gasteiger partial charge < -0.3 is 10.2 Å². The van der Waals surface area contributed by atoms with E-state index in [-0.39, 0.29) is 5.91 Å². The Kier molecular flexibility index (Phi) is 5.28. The minimum Gasteiger partial charge on any atom is -0.342 e. The van der Waals surface area contributed by atoms with Crippen molar-refractivity contribution in [2.45, 2.75) is 6.42 Å². The van der Waals surface area contributed by atoms with E-state index in [4.69, 9.17) is 0 Å². The number of nitrogens with one attached hydrogen (secondary N) is 1. The van der Waals surface area contributed by atoms with E-state index >= 15 is 0 Å². The SMILES string of the molecule is CNCCCN(C)C(=O)c1csc(Br)c1. The molecule has 0 aliphatic heterocycles. The molecule has 0 aromatic carbocycles. The van der Waals surface area contributed by atoms with Crippen molar-refractivity contribution in [1.82, 2.24) is 10.2 Å². The average molecular weight is 291 g/mol. The fourth-order valence-corrected chi connectivity index (χ4v) is 2.37. The van der Waals surface area contributed by atoms with Crippen molar-refractivity contribution >= 4 is 33.2 Å². The van der Waals surface area contributed by atoms with Crippen LogP contribution in [-0.2, 0) is 0 Å². The summed E-state index contributed by atoms with van der Waals surface area (Å²) in [5.74, 6) is 0.0908. The van der Waals surface area contributed by atoms with Crippen molar-refractivity contribution in [2.24, 2.45) is 0 Å². The fraction of sp³-hybridized carbons (Fsp3) is 0.500. The van der Waals surface area contributed by atoms with Crippen LogP contribution in [-0.4, -0.2) is 38.0 Å². The van der Waals surface area contributed by atoms with Crippen molar-refractivity contribution in [3.63, 3.8) is 0 Å². The van der Waals surface area contributed by atoms with Crippen molar-refractivity contribution in [3.05, 3.63) is 20.8 Å². The number of rotatable bonds is 5. The highest BCUT2D eigenvalue weighted by atomic mass is 79.9. The summed E-state index contributed by atoms with van der Waals surface area (Å²) in [6, 6.07) is 1.86. The van der Waals surface area contributed by atoms with Crippen LogP contribution in [0.3, 0.4) is 0 Å². The molecule has 0 bridgehead atoms. The average Bonchev–Trinajstić information content (AvgIpc) is 2.64. The van der Waals surface area contributed by atoms with Gasteiger partial charge in [0.25, 0.3) is 5.91 Å². The Hall–Kier alpha value is -0.390. The lowest BCUT2D eigenvalue weighted by molar-refractivity contribution is 0.0794. The standard InChI is InChI=1S/C10H15BrN2OS/c1-12-4-3-5-13(2)10(14)8-6-9(11)15-7-8/h6-7,12H,3-5H2,1-2H3. The molecule has 1 aromatic heterocycles. The van der Waals surface area contributed by atoms with Crippen LogP contribution >= 0.6 is 27.3 Å². The Morgan fingerprint density at radius 2 is 2.40 bits per heavy atom. The van der Waals surface area contributed by atoms with Crippen molar-refractivity contribution in [2.75, 3.05) is 27.2 Å². The fourth-order valence-electron chi connectivity index (χ4n) is 1.24. The molecule has 3 nitrogen and oxygen atoms in total. The van der Waals surface area contributed by atoms with Crippen LogP contribution in [0.4, 0.5) is 0 Å². The first-order chi connectivity index (χ1) is 7.15. The van der Waals surface area contributed by atoms with E-state index in [9.17, 15) is 4.79 Å². The zero-order valence-electron chi connectivity index (χ0n) is 8.92. The third-order valence-corrected chi connectivity index (χ3v) is 3.59. The van der Waals surface area contributed by atoms with Gasteiger partial charge in [-0.3, -0.25) is 4.79 Å². The molecular weight excluding hydrogens is 276 g/mol. The molecular formula is C10H15BrN2OS. The Balaban J connectivity index is 2.46. The van der Waals surface area contributed by atoms with Gasteiger partial charge >= 0.3 is 0 Å². The van der Waals surface area contributed by atoms with Gasteiger partial charge in [-0.2, -0.15) is 0 Å². The predicted octanol–water partition coefficient (Wildman–Crippen LogP) is 2.19. The highest BCUT2D eigenvalue weighted by Crippen LogP contribution is 2.21. The molecule has 1 aromatic rings. The van der Waals surface area contributed by atoms with Gasteiger partial charge in [0.05, 0.1) is 9.35 Å². The number of amides is 1. The van der Waals surface area contributed by atoms with Crippen molar-refractivity contribution < 1.29 is 4.79 Å². The van der Waals surface area contributed by atoms with Gasteiger partial charge in [-0.15, -0.1) is 11.3 Å². The van der Waals surface area contributed by atoms with Crippen LogP contribution in [0.25, 0.3) is 0 Å². The van der Waals surface area contributed by atoms with E-state index < -0.39 is 0 Å². The molecule has 0 unspecified atom stereocenters. The van der Waals surface area contributed by atoms with Crippen LogP contribution in [0.1, 0.15) is 16.8 Å². The third-order valence-electron chi connectivity index (χ3n) is 2.08. The van der Waals surface area contributed by atoms with Gasteiger partial charge in [0.2, 0.25) is 0 Å². The Morgan fingerprint density at radius 3 is 2.93 bits per heavy atom. The van der Waals surface area contributed by atoms with Crippen LogP contribution in [0.5, 0.6) is 0 Å². The van der Waals surface area contributed by atoms with Gasteiger partial charge in [0.1, 0.15) is 0 Å². The van der Waals surface area contributed by atoms with Gasteiger partial charge in [-0.25, -0.2) is 0 Å². The number of thiophene rings is 1. The lowest BCUT2D eigenvalue weighted by Crippen LogP contribution is -2.29. The Labute approximate surface area is 103 Å². The number of nitrogens with zero attached hydrogens (tertiary/aromatic N) is 1. The highest BCUT2D eigenvalue weighted by Gasteiger charge is 2.12. The summed E-state index contributed by atoms with van der Waals surface area (Å²) in [5, 5.41) is 4.94. The lowest BCUT2D eigenvalue weighted by Gasteiger charge is -2.15. The molecule has 5 heteroatoms. The summed E-state index contributed by atoms with van der Waals surface area (Å²) in [6.45, 7) is 1.72. The highest BCUT2D eigenvalue weighted by molar-refractivity contribution is 9.11.